The molecule has 0 saturated heterocycles. The second-order valence-electron chi connectivity index (χ2n) is 6.39. The molecule has 0 radical (unpaired) electrons. The van der Waals surface area contributed by atoms with Crippen LogP contribution in [0.4, 0.5) is 5.69 Å². The monoisotopic (exact) mass is 393 g/mol. The van der Waals surface area contributed by atoms with Crippen molar-refractivity contribution < 1.29 is 14.3 Å². The minimum Gasteiger partial charge on any atom is -0.507 e. The second-order valence-corrected chi connectivity index (χ2v) is 7.57. The number of methoxy groups -OCH3 is 1. The van der Waals surface area contributed by atoms with E-state index in [4.69, 9.17) is 9.15 Å². The molecule has 1 atom stereocenters. The normalized spacial score (nSPS) is 15.8. The van der Waals surface area contributed by atoms with Gasteiger partial charge in [-0.3, -0.25) is 0 Å². The summed E-state index contributed by atoms with van der Waals surface area (Å²) in [6.45, 7) is 1.63. The van der Waals surface area contributed by atoms with E-state index in [1.807, 2.05) is 54.6 Å². The van der Waals surface area contributed by atoms with Gasteiger partial charge in [0.2, 0.25) is 0 Å². The zero-order chi connectivity index (χ0) is 19.7. The molecule has 2 N–H and O–H groups in total. The molecular formula is C22H19NO4S. The van der Waals surface area contributed by atoms with Gasteiger partial charge in [0.15, 0.2) is 0 Å². The minimum absolute atomic E-state index is 0.114. The fourth-order valence-electron chi connectivity index (χ4n) is 3.23. The molecule has 3 aromatic rings. The van der Waals surface area contributed by atoms with Gasteiger partial charge in [-0.15, -0.1) is 11.8 Å². The molecule has 1 aliphatic heterocycles. The number of aryl methyl sites for hydroxylation is 1. The first-order valence-corrected chi connectivity index (χ1v) is 9.66. The predicted molar refractivity (Wildman–Crippen MR) is 111 cm³/mol. The van der Waals surface area contributed by atoms with Gasteiger partial charge in [0.05, 0.1) is 23.7 Å². The Balaban J connectivity index is 1.92. The Morgan fingerprint density at radius 3 is 2.68 bits per heavy atom. The first-order valence-electron chi connectivity index (χ1n) is 8.78. The molecule has 6 heteroatoms. The number of fused-ring (bicyclic) bond motifs is 1. The van der Waals surface area contributed by atoms with Crippen LogP contribution in [0, 0.1) is 6.92 Å². The average Bonchev–Trinajstić information content (AvgIpc) is 2.86. The van der Waals surface area contributed by atoms with Crippen LogP contribution >= 0.6 is 11.8 Å². The lowest BCUT2D eigenvalue weighted by Crippen LogP contribution is -2.12. The third kappa shape index (κ3) is 3.39. The number of benzene rings is 2. The topological polar surface area (TPSA) is 71.7 Å². The molecule has 28 heavy (non-hydrogen) atoms. The minimum atomic E-state index is -0.584. The van der Waals surface area contributed by atoms with Gasteiger partial charge in [-0.05, 0) is 31.2 Å². The number of ether oxygens (including phenoxy) is 1. The highest BCUT2D eigenvalue weighted by Gasteiger charge is 2.25. The number of hydrogen-bond acceptors (Lipinski definition) is 6. The average molecular weight is 393 g/mol. The summed E-state index contributed by atoms with van der Waals surface area (Å²) in [7, 11) is 1.64. The van der Waals surface area contributed by atoms with E-state index in [1.165, 1.54) is 6.07 Å². The summed E-state index contributed by atoms with van der Waals surface area (Å²) < 4.78 is 10.8. The molecule has 0 aliphatic carbocycles. The van der Waals surface area contributed by atoms with Crippen LogP contribution in [-0.4, -0.2) is 12.2 Å². The number of nitrogens with one attached hydrogen (secondary N) is 1. The van der Waals surface area contributed by atoms with Gasteiger partial charge in [0, 0.05) is 16.5 Å². The number of thioether (sulfide) groups is 1. The summed E-state index contributed by atoms with van der Waals surface area (Å²) >= 11 is 1.64. The van der Waals surface area contributed by atoms with E-state index in [9.17, 15) is 9.90 Å². The Hall–Kier alpha value is -3.12. The van der Waals surface area contributed by atoms with Crippen LogP contribution in [0.15, 0.2) is 74.8 Å². The van der Waals surface area contributed by atoms with Crippen molar-refractivity contribution in [1.29, 1.82) is 0 Å². The number of aromatic hydroxyl groups is 1. The van der Waals surface area contributed by atoms with E-state index < -0.39 is 5.63 Å². The molecule has 2 heterocycles. The third-order valence-corrected chi connectivity index (χ3v) is 5.75. The Kier molecular flexibility index (Phi) is 4.88. The molecule has 0 spiro atoms. The van der Waals surface area contributed by atoms with Gasteiger partial charge in [-0.2, -0.15) is 0 Å². The molecule has 0 bridgehead atoms. The van der Waals surface area contributed by atoms with Crippen LogP contribution in [0.25, 0.3) is 5.70 Å². The highest BCUT2D eigenvalue weighted by atomic mass is 32.2. The van der Waals surface area contributed by atoms with E-state index in [0.717, 1.165) is 21.9 Å². The zero-order valence-electron chi connectivity index (χ0n) is 15.4. The molecule has 142 valence electrons. The van der Waals surface area contributed by atoms with Gasteiger partial charge in [0.1, 0.15) is 22.8 Å². The Morgan fingerprint density at radius 1 is 1.14 bits per heavy atom. The van der Waals surface area contributed by atoms with Crippen LogP contribution < -0.4 is 15.7 Å². The lowest BCUT2D eigenvalue weighted by Gasteiger charge is -2.16. The Labute approximate surface area is 166 Å². The smallest absolute Gasteiger partial charge is 0.349 e. The van der Waals surface area contributed by atoms with Crippen molar-refractivity contribution in [3.8, 4) is 11.5 Å². The second kappa shape index (κ2) is 7.48. The molecule has 1 aliphatic rings. The largest absolute Gasteiger partial charge is 0.507 e. The number of anilines is 1. The quantitative estimate of drug-likeness (QED) is 0.655. The van der Waals surface area contributed by atoms with Crippen LogP contribution in [-0.2, 0) is 0 Å². The molecule has 5 nitrogen and oxygen atoms in total. The Bertz CT molecular complexity index is 1120. The first kappa shape index (κ1) is 18.3. The van der Waals surface area contributed by atoms with Crippen molar-refractivity contribution in [2.75, 3.05) is 12.4 Å². The summed E-state index contributed by atoms with van der Waals surface area (Å²) in [4.78, 5) is 13.5. The van der Waals surface area contributed by atoms with Gasteiger partial charge >= 0.3 is 5.63 Å². The van der Waals surface area contributed by atoms with Crippen molar-refractivity contribution in [3.63, 3.8) is 0 Å². The Morgan fingerprint density at radius 2 is 1.89 bits per heavy atom. The molecule has 0 amide bonds. The summed E-state index contributed by atoms with van der Waals surface area (Å²) in [6, 6.07) is 17.1. The van der Waals surface area contributed by atoms with Crippen molar-refractivity contribution in [3.05, 3.63) is 88.0 Å². The van der Waals surface area contributed by atoms with Crippen LogP contribution in [0.5, 0.6) is 11.5 Å². The van der Waals surface area contributed by atoms with E-state index >= 15 is 0 Å². The SMILES string of the molecule is COc1ccccc1C1C=C(c2c(O)cc(C)oc2=O)Nc2ccccc2S1. The highest BCUT2D eigenvalue weighted by molar-refractivity contribution is 7.99. The summed E-state index contributed by atoms with van der Waals surface area (Å²) in [6.07, 6.45) is 1.92. The van der Waals surface area contributed by atoms with Gasteiger partial charge in [-0.1, -0.05) is 30.3 Å². The summed E-state index contributed by atoms with van der Waals surface area (Å²) in [5.41, 5.74) is 1.86. The van der Waals surface area contributed by atoms with Gasteiger partial charge in [0.25, 0.3) is 0 Å². The van der Waals surface area contributed by atoms with Crippen molar-refractivity contribution in [1.82, 2.24) is 0 Å². The van der Waals surface area contributed by atoms with E-state index in [-0.39, 0.29) is 16.6 Å². The molecule has 2 aromatic carbocycles. The van der Waals surface area contributed by atoms with E-state index in [0.29, 0.717) is 11.5 Å². The lowest BCUT2D eigenvalue weighted by molar-refractivity contribution is 0.410. The fraction of sp³-hybridized carbons (Fsp3) is 0.136. The maximum atomic E-state index is 12.5. The lowest BCUT2D eigenvalue weighted by atomic mass is 10.1. The van der Waals surface area contributed by atoms with Crippen molar-refractivity contribution in [2.45, 2.75) is 17.1 Å². The summed E-state index contributed by atoms with van der Waals surface area (Å²) in [5.74, 6) is 1.00. The molecule has 1 aromatic heterocycles. The van der Waals surface area contributed by atoms with Crippen LogP contribution in [0.1, 0.15) is 22.1 Å². The van der Waals surface area contributed by atoms with E-state index in [2.05, 4.69) is 5.32 Å². The van der Waals surface area contributed by atoms with Gasteiger partial charge < -0.3 is 19.6 Å². The maximum Gasteiger partial charge on any atom is 0.349 e. The maximum absolute atomic E-state index is 12.5. The zero-order valence-corrected chi connectivity index (χ0v) is 16.2. The predicted octanol–water partition coefficient (Wildman–Crippen LogP) is 4.96. The molecular weight excluding hydrogens is 374 g/mol. The van der Waals surface area contributed by atoms with Crippen molar-refractivity contribution in [2.24, 2.45) is 0 Å². The first-order chi connectivity index (χ1) is 13.6. The molecule has 0 saturated carbocycles. The summed E-state index contributed by atoms with van der Waals surface area (Å²) in [5, 5.41) is 13.6. The van der Waals surface area contributed by atoms with Crippen LogP contribution in [0.2, 0.25) is 0 Å². The van der Waals surface area contributed by atoms with E-state index in [1.54, 1.807) is 25.8 Å². The molecule has 4 rings (SSSR count). The number of hydrogen-bond donors (Lipinski definition) is 2. The van der Waals surface area contributed by atoms with Gasteiger partial charge in [-0.25, -0.2) is 4.79 Å². The van der Waals surface area contributed by atoms with Crippen molar-refractivity contribution >= 4 is 23.1 Å². The number of rotatable bonds is 3. The molecule has 0 fully saturated rings. The standard InChI is InChI=1S/C22H19NO4S/c1-13-11-17(24)21(22(25)27-13)16-12-20(14-7-3-5-9-18(14)26-2)28-19-10-6-4-8-15(19)23-16/h3-12,20,23-24H,1-2H3. The third-order valence-electron chi connectivity index (χ3n) is 4.50. The fourth-order valence-corrected chi connectivity index (χ4v) is 4.43. The van der Waals surface area contributed by atoms with Crippen LogP contribution in [0.3, 0.4) is 0 Å². The highest BCUT2D eigenvalue weighted by Crippen LogP contribution is 2.47. The number of para-hydroxylation sites is 2. The molecule has 1 unspecified atom stereocenters.